The minimum atomic E-state index is -0.0771. The van der Waals surface area contributed by atoms with Gasteiger partial charge in [-0.1, -0.05) is 0 Å². The fourth-order valence-corrected chi connectivity index (χ4v) is 3.11. The third kappa shape index (κ3) is 4.54. The van der Waals surface area contributed by atoms with Gasteiger partial charge in [0, 0.05) is 36.6 Å². The lowest BCUT2D eigenvalue weighted by molar-refractivity contribution is 0.0941. The largest absolute Gasteiger partial charge is 0.351 e. The fourth-order valence-electron chi connectivity index (χ4n) is 3.11. The molecule has 0 aliphatic heterocycles. The molecular formula is C17H26Cl2N6O. The first kappa shape index (κ1) is 22.4. The van der Waals surface area contributed by atoms with Crippen LogP contribution >= 0.6 is 24.8 Å². The lowest BCUT2D eigenvalue weighted by atomic mass is 9.90. The molecule has 2 aromatic heterocycles. The van der Waals surface area contributed by atoms with Crippen molar-refractivity contribution in [2.24, 2.45) is 11.5 Å². The Bertz CT molecular complexity index is 734. The zero-order valence-electron chi connectivity index (χ0n) is 14.6. The Kier molecular flexibility index (Phi) is 9.01. The van der Waals surface area contributed by atoms with Crippen LogP contribution in [0.15, 0.2) is 18.5 Å². The van der Waals surface area contributed by atoms with Crippen molar-refractivity contribution in [1.82, 2.24) is 20.1 Å². The summed E-state index contributed by atoms with van der Waals surface area (Å²) >= 11 is 0. The zero-order chi connectivity index (χ0) is 16.9. The average molecular weight is 401 g/mol. The number of carbonyl (C=O) groups is 1. The van der Waals surface area contributed by atoms with Crippen LogP contribution in [0, 0.1) is 0 Å². The molecule has 0 saturated heterocycles. The van der Waals surface area contributed by atoms with Gasteiger partial charge >= 0.3 is 0 Å². The molecule has 5 N–H and O–H groups in total. The van der Waals surface area contributed by atoms with Crippen molar-refractivity contribution >= 4 is 30.7 Å². The number of nitrogens with two attached hydrogens (primary N) is 2. The summed E-state index contributed by atoms with van der Waals surface area (Å²) in [5, 5.41) is 7.68. The minimum absolute atomic E-state index is 0. The smallest absolute Gasteiger partial charge is 0.269 e. The van der Waals surface area contributed by atoms with Gasteiger partial charge in [-0.2, -0.15) is 5.10 Å². The van der Waals surface area contributed by atoms with Crippen LogP contribution in [-0.4, -0.2) is 40.3 Å². The number of halogens is 2. The molecular weight excluding hydrogens is 375 g/mol. The molecule has 144 valence electrons. The van der Waals surface area contributed by atoms with Crippen LogP contribution in [0.1, 0.15) is 34.5 Å². The lowest BCUT2D eigenvalue weighted by Gasteiger charge is -2.15. The fraction of sp³-hybridized carbons (Fsp3) is 0.471. The van der Waals surface area contributed by atoms with E-state index in [2.05, 4.69) is 10.3 Å². The van der Waals surface area contributed by atoms with Gasteiger partial charge in [-0.3, -0.25) is 14.5 Å². The van der Waals surface area contributed by atoms with E-state index in [0.717, 1.165) is 42.5 Å². The molecule has 0 fully saturated rings. The van der Waals surface area contributed by atoms with Crippen molar-refractivity contribution in [3.05, 3.63) is 35.3 Å². The Labute approximate surface area is 165 Å². The highest BCUT2D eigenvalue weighted by atomic mass is 35.5. The van der Waals surface area contributed by atoms with E-state index < -0.39 is 0 Å². The van der Waals surface area contributed by atoms with Crippen molar-refractivity contribution in [2.45, 2.75) is 32.2 Å². The van der Waals surface area contributed by atoms with Gasteiger partial charge in [0.25, 0.3) is 5.91 Å². The Morgan fingerprint density at radius 2 is 1.96 bits per heavy atom. The first-order chi connectivity index (χ1) is 11.8. The number of hydrogen-bond acceptors (Lipinski definition) is 5. The van der Waals surface area contributed by atoms with Crippen molar-refractivity contribution in [3.63, 3.8) is 0 Å². The van der Waals surface area contributed by atoms with Gasteiger partial charge in [-0.05, 0) is 50.4 Å². The van der Waals surface area contributed by atoms with E-state index in [9.17, 15) is 4.79 Å². The molecule has 0 atom stereocenters. The van der Waals surface area contributed by atoms with E-state index in [-0.39, 0.29) is 30.7 Å². The molecule has 0 radical (unpaired) electrons. The summed E-state index contributed by atoms with van der Waals surface area (Å²) in [5.74, 6) is -0.0771. The van der Waals surface area contributed by atoms with Crippen LogP contribution in [0.25, 0.3) is 11.3 Å². The molecule has 1 aliphatic carbocycles. The maximum Gasteiger partial charge on any atom is 0.269 e. The number of amides is 1. The van der Waals surface area contributed by atoms with E-state index in [1.165, 1.54) is 5.56 Å². The molecule has 3 rings (SSSR count). The van der Waals surface area contributed by atoms with Crippen LogP contribution < -0.4 is 16.8 Å². The Balaban J connectivity index is 0.00000169. The third-order valence-corrected chi connectivity index (χ3v) is 4.31. The summed E-state index contributed by atoms with van der Waals surface area (Å²) < 4.78 is 1.81. The summed E-state index contributed by atoms with van der Waals surface area (Å²) in [5.41, 5.74) is 16.0. The number of pyridine rings is 1. The van der Waals surface area contributed by atoms with Crippen molar-refractivity contribution in [1.29, 1.82) is 0 Å². The average Bonchev–Trinajstić information content (AvgIpc) is 2.99. The van der Waals surface area contributed by atoms with E-state index in [4.69, 9.17) is 16.6 Å². The Hall–Kier alpha value is -1.67. The highest BCUT2D eigenvalue weighted by Crippen LogP contribution is 2.34. The van der Waals surface area contributed by atoms with Gasteiger partial charge < -0.3 is 16.8 Å². The number of aromatic nitrogens is 3. The molecule has 7 nitrogen and oxygen atoms in total. The van der Waals surface area contributed by atoms with Gasteiger partial charge in [0.1, 0.15) is 5.69 Å². The molecule has 1 amide bonds. The van der Waals surface area contributed by atoms with Crippen LogP contribution in [0.4, 0.5) is 0 Å². The molecule has 0 unspecified atom stereocenters. The summed E-state index contributed by atoms with van der Waals surface area (Å²) in [4.78, 5) is 16.9. The van der Waals surface area contributed by atoms with Crippen LogP contribution in [0.2, 0.25) is 0 Å². The maximum absolute atomic E-state index is 12.7. The molecule has 0 bridgehead atoms. The predicted molar refractivity (Wildman–Crippen MR) is 107 cm³/mol. The summed E-state index contributed by atoms with van der Waals surface area (Å²) in [6.45, 7) is 2.35. The van der Waals surface area contributed by atoms with Crippen molar-refractivity contribution in [3.8, 4) is 11.3 Å². The highest BCUT2D eigenvalue weighted by Gasteiger charge is 2.27. The minimum Gasteiger partial charge on any atom is -0.351 e. The SMILES string of the molecule is Cl.Cl.NCCCNC(=O)c1c2c(nn1CCCN)-c1ccncc1CC2. The predicted octanol–water partition coefficient (Wildman–Crippen LogP) is 1.31. The number of aryl methyl sites for hydroxylation is 2. The normalized spacial score (nSPS) is 11.6. The van der Waals surface area contributed by atoms with Crippen molar-refractivity contribution < 1.29 is 4.79 Å². The molecule has 2 heterocycles. The topological polar surface area (TPSA) is 112 Å². The first-order valence-electron chi connectivity index (χ1n) is 8.47. The molecule has 1 aliphatic rings. The van der Waals surface area contributed by atoms with Gasteiger partial charge in [0.05, 0.1) is 5.69 Å². The number of hydrogen-bond donors (Lipinski definition) is 3. The van der Waals surface area contributed by atoms with Gasteiger partial charge in [0.2, 0.25) is 0 Å². The Morgan fingerprint density at radius 1 is 1.19 bits per heavy atom. The standard InChI is InChI=1S/C17H24N6O.2ClH/c18-6-1-8-21-17(24)16-14-4-3-12-11-20-9-5-13(12)15(14)22-23(16)10-2-7-19;;/h5,9,11H,1-4,6-8,10,18-19H2,(H,21,24);2*1H. The van der Waals surface area contributed by atoms with Crippen LogP contribution in [0.3, 0.4) is 0 Å². The van der Waals surface area contributed by atoms with E-state index >= 15 is 0 Å². The van der Waals surface area contributed by atoms with Crippen LogP contribution in [0.5, 0.6) is 0 Å². The molecule has 2 aromatic rings. The molecule has 26 heavy (non-hydrogen) atoms. The number of carbonyl (C=O) groups excluding carboxylic acids is 1. The van der Waals surface area contributed by atoms with E-state index in [1.54, 1.807) is 6.20 Å². The van der Waals surface area contributed by atoms with E-state index in [1.807, 2.05) is 16.9 Å². The van der Waals surface area contributed by atoms with Gasteiger partial charge in [-0.15, -0.1) is 24.8 Å². The zero-order valence-corrected chi connectivity index (χ0v) is 16.2. The maximum atomic E-state index is 12.7. The number of rotatable bonds is 7. The Morgan fingerprint density at radius 3 is 2.69 bits per heavy atom. The highest BCUT2D eigenvalue weighted by molar-refractivity contribution is 5.96. The second kappa shape index (κ2) is 10.5. The summed E-state index contributed by atoms with van der Waals surface area (Å²) in [6.07, 6.45) is 6.89. The second-order valence-electron chi connectivity index (χ2n) is 5.97. The van der Waals surface area contributed by atoms with E-state index in [0.29, 0.717) is 31.9 Å². The molecule has 0 saturated carbocycles. The quantitative estimate of drug-likeness (QED) is 0.606. The number of fused-ring (bicyclic) bond motifs is 3. The summed E-state index contributed by atoms with van der Waals surface area (Å²) in [7, 11) is 0. The van der Waals surface area contributed by atoms with Crippen molar-refractivity contribution in [2.75, 3.05) is 19.6 Å². The second-order valence-corrected chi connectivity index (χ2v) is 5.97. The van der Waals surface area contributed by atoms with Gasteiger partial charge in [-0.25, -0.2) is 0 Å². The molecule has 0 aromatic carbocycles. The lowest BCUT2D eigenvalue weighted by Crippen LogP contribution is -2.29. The van der Waals surface area contributed by atoms with Gasteiger partial charge in [0.15, 0.2) is 0 Å². The van der Waals surface area contributed by atoms with Crippen LogP contribution in [-0.2, 0) is 19.4 Å². The number of nitrogens with zero attached hydrogens (tertiary/aromatic N) is 3. The first-order valence-corrected chi connectivity index (χ1v) is 8.47. The monoisotopic (exact) mass is 400 g/mol. The number of nitrogens with one attached hydrogen (secondary N) is 1. The molecule has 0 spiro atoms. The molecule has 9 heteroatoms. The third-order valence-electron chi connectivity index (χ3n) is 4.31. The summed E-state index contributed by atoms with van der Waals surface area (Å²) in [6, 6.07) is 1.98.